The van der Waals surface area contributed by atoms with Crippen LogP contribution in [0, 0.1) is 5.92 Å². The number of aromatic nitrogens is 1. The van der Waals surface area contributed by atoms with Crippen molar-refractivity contribution in [3.8, 4) is 0 Å². The van der Waals surface area contributed by atoms with Gasteiger partial charge in [-0.05, 0) is 13.3 Å². The molecule has 0 aromatic carbocycles. The van der Waals surface area contributed by atoms with E-state index in [-0.39, 0.29) is 17.6 Å². The molecular weight excluding hydrogens is 294 g/mol. The van der Waals surface area contributed by atoms with Crippen molar-refractivity contribution in [2.24, 2.45) is 5.92 Å². The second-order valence-corrected chi connectivity index (χ2v) is 6.09. The molecule has 2 amide bonds. The second kappa shape index (κ2) is 6.86. The topological polar surface area (TPSA) is 103 Å². The van der Waals surface area contributed by atoms with E-state index >= 15 is 0 Å². The maximum Gasteiger partial charge on any atom is 0.355 e. The number of carbonyl (C=O) groups is 2. The molecule has 116 valence electrons. The summed E-state index contributed by atoms with van der Waals surface area (Å²) in [5, 5.41) is 23.3. The lowest BCUT2D eigenvalue weighted by Gasteiger charge is -2.18. The number of hydrogen-bond donors (Lipinski definition) is 3. The largest absolute Gasteiger partial charge is 0.476 e. The lowest BCUT2D eigenvalue weighted by atomic mass is 10.0. The van der Waals surface area contributed by atoms with Gasteiger partial charge in [0.1, 0.15) is 0 Å². The van der Waals surface area contributed by atoms with Gasteiger partial charge in [-0.1, -0.05) is 0 Å². The van der Waals surface area contributed by atoms with Crippen molar-refractivity contribution in [3.63, 3.8) is 0 Å². The molecule has 0 spiro atoms. The first-order valence-corrected chi connectivity index (χ1v) is 7.74. The Bertz CT molecular complexity index is 517. The van der Waals surface area contributed by atoms with Crippen LogP contribution < -0.4 is 5.32 Å². The zero-order valence-electron chi connectivity index (χ0n) is 11.8. The molecule has 2 heterocycles. The minimum Gasteiger partial charge on any atom is -0.476 e. The molecule has 0 aliphatic carbocycles. The highest BCUT2D eigenvalue weighted by Gasteiger charge is 2.28. The fraction of sp³-hybridized carbons (Fsp3) is 0.615. The average Bonchev–Trinajstić information content (AvgIpc) is 3.07. The lowest BCUT2D eigenvalue weighted by molar-refractivity contribution is 0.0691. The van der Waals surface area contributed by atoms with Crippen LogP contribution in [0.1, 0.15) is 28.8 Å². The highest BCUT2D eigenvalue weighted by molar-refractivity contribution is 7.09. The van der Waals surface area contributed by atoms with Crippen molar-refractivity contribution in [1.82, 2.24) is 15.2 Å². The fourth-order valence-electron chi connectivity index (χ4n) is 2.28. The number of nitrogens with zero attached hydrogens (tertiary/aromatic N) is 2. The van der Waals surface area contributed by atoms with Crippen LogP contribution in [0.15, 0.2) is 5.38 Å². The van der Waals surface area contributed by atoms with Crippen molar-refractivity contribution in [3.05, 3.63) is 16.1 Å². The summed E-state index contributed by atoms with van der Waals surface area (Å²) in [7, 11) is 0. The van der Waals surface area contributed by atoms with Gasteiger partial charge < -0.3 is 20.4 Å². The summed E-state index contributed by atoms with van der Waals surface area (Å²) >= 11 is 1.28. The van der Waals surface area contributed by atoms with Crippen LogP contribution in [0.5, 0.6) is 0 Å². The number of urea groups is 1. The molecule has 1 saturated heterocycles. The van der Waals surface area contributed by atoms with Crippen molar-refractivity contribution in [2.75, 3.05) is 19.6 Å². The molecule has 1 aromatic heterocycles. The van der Waals surface area contributed by atoms with Crippen LogP contribution >= 0.6 is 11.3 Å². The molecule has 7 nitrogen and oxygen atoms in total. The summed E-state index contributed by atoms with van der Waals surface area (Å²) in [6.07, 6.45) is 0.934. The van der Waals surface area contributed by atoms with Crippen molar-refractivity contribution in [2.45, 2.75) is 25.9 Å². The van der Waals surface area contributed by atoms with Gasteiger partial charge in [0.25, 0.3) is 0 Å². The highest BCUT2D eigenvalue weighted by atomic mass is 32.1. The first-order chi connectivity index (χ1) is 9.97. The van der Waals surface area contributed by atoms with Gasteiger partial charge >= 0.3 is 12.0 Å². The van der Waals surface area contributed by atoms with E-state index in [1.54, 1.807) is 11.8 Å². The zero-order chi connectivity index (χ0) is 15.4. The predicted octanol–water partition coefficient (Wildman–Crippen LogP) is 0.796. The molecule has 2 unspecified atom stereocenters. The maximum atomic E-state index is 11.9. The van der Waals surface area contributed by atoms with Gasteiger partial charge in [0, 0.05) is 37.4 Å². The number of hydrogen-bond acceptors (Lipinski definition) is 5. The molecule has 21 heavy (non-hydrogen) atoms. The van der Waals surface area contributed by atoms with Gasteiger partial charge in [0.05, 0.1) is 11.1 Å². The molecule has 1 aromatic rings. The van der Waals surface area contributed by atoms with Crippen molar-refractivity contribution >= 4 is 23.3 Å². The first-order valence-electron chi connectivity index (χ1n) is 6.86. The number of aliphatic hydroxyl groups is 1. The summed E-state index contributed by atoms with van der Waals surface area (Å²) in [6, 6.07) is -0.145. The number of thiazole rings is 1. The second-order valence-electron chi connectivity index (χ2n) is 5.15. The van der Waals surface area contributed by atoms with E-state index < -0.39 is 12.1 Å². The predicted molar refractivity (Wildman–Crippen MR) is 77.5 cm³/mol. The Hall–Kier alpha value is -1.67. The van der Waals surface area contributed by atoms with Crippen molar-refractivity contribution < 1.29 is 19.8 Å². The lowest BCUT2D eigenvalue weighted by Crippen LogP contribution is -2.39. The third kappa shape index (κ3) is 4.15. The van der Waals surface area contributed by atoms with E-state index in [9.17, 15) is 14.7 Å². The van der Waals surface area contributed by atoms with E-state index in [2.05, 4.69) is 10.3 Å². The quantitative estimate of drug-likeness (QED) is 0.746. The molecule has 1 aliphatic rings. The normalized spacial score (nSPS) is 19.5. The minimum atomic E-state index is -1.04. The average molecular weight is 313 g/mol. The Morgan fingerprint density at radius 2 is 2.38 bits per heavy atom. The van der Waals surface area contributed by atoms with Gasteiger partial charge in [-0.15, -0.1) is 11.3 Å². The number of carboxylic acid groups (broad SMARTS) is 1. The van der Waals surface area contributed by atoms with Crippen LogP contribution in [0.2, 0.25) is 0 Å². The SMILES string of the molecule is CC(O)C1CCN(C(=O)NCCc2nc(C(=O)O)cs2)C1. The Labute approximate surface area is 126 Å². The van der Waals surface area contributed by atoms with Crippen LogP contribution in [0.25, 0.3) is 0 Å². The van der Waals surface area contributed by atoms with Crippen LogP contribution in [0.4, 0.5) is 4.79 Å². The number of rotatable bonds is 5. The molecule has 0 radical (unpaired) electrons. The van der Waals surface area contributed by atoms with Crippen LogP contribution in [-0.4, -0.2) is 57.8 Å². The Morgan fingerprint density at radius 1 is 1.62 bits per heavy atom. The molecule has 8 heteroatoms. The van der Waals surface area contributed by atoms with E-state index in [4.69, 9.17) is 5.11 Å². The molecule has 0 saturated carbocycles. The number of likely N-dealkylation sites (tertiary alicyclic amines) is 1. The molecule has 2 rings (SSSR count). The summed E-state index contributed by atoms with van der Waals surface area (Å²) < 4.78 is 0. The van der Waals surface area contributed by atoms with E-state index in [0.29, 0.717) is 31.1 Å². The summed E-state index contributed by atoms with van der Waals surface area (Å²) in [5.41, 5.74) is 0.0423. The van der Waals surface area contributed by atoms with Crippen molar-refractivity contribution in [1.29, 1.82) is 0 Å². The van der Waals surface area contributed by atoms with E-state index in [1.807, 2.05) is 0 Å². The van der Waals surface area contributed by atoms with Gasteiger partial charge in [-0.3, -0.25) is 0 Å². The molecule has 0 bridgehead atoms. The highest BCUT2D eigenvalue weighted by Crippen LogP contribution is 2.19. The number of aromatic carboxylic acids is 1. The number of aliphatic hydroxyl groups excluding tert-OH is 1. The van der Waals surface area contributed by atoms with Gasteiger partial charge in [-0.2, -0.15) is 0 Å². The molecule has 1 aliphatic heterocycles. The van der Waals surface area contributed by atoms with E-state index in [0.717, 1.165) is 6.42 Å². The van der Waals surface area contributed by atoms with Crippen LogP contribution in [-0.2, 0) is 6.42 Å². The minimum absolute atomic E-state index is 0.0423. The Balaban J connectivity index is 1.73. The third-order valence-electron chi connectivity index (χ3n) is 3.58. The van der Waals surface area contributed by atoms with Gasteiger partial charge in [0.2, 0.25) is 0 Å². The zero-order valence-corrected chi connectivity index (χ0v) is 12.6. The summed E-state index contributed by atoms with van der Waals surface area (Å²) in [6.45, 7) is 3.39. The first kappa shape index (κ1) is 15.7. The third-order valence-corrected chi connectivity index (χ3v) is 4.49. The molecule has 2 atom stereocenters. The smallest absolute Gasteiger partial charge is 0.355 e. The number of carbonyl (C=O) groups excluding carboxylic acids is 1. The Morgan fingerprint density at radius 3 is 2.95 bits per heavy atom. The molecular formula is C13H19N3O4S. The Kier molecular flexibility index (Phi) is 5.13. The molecule has 1 fully saturated rings. The number of amides is 2. The fourth-order valence-corrected chi connectivity index (χ4v) is 3.05. The van der Waals surface area contributed by atoms with Gasteiger partial charge in [-0.25, -0.2) is 14.6 Å². The monoisotopic (exact) mass is 313 g/mol. The summed E-state index contributed by atoms with van der Waals surface area (Å²) in [4.78, 5) is 28.3. The standard InChI is InChI=1S/C13H19N3O4S/c1-8(17)9-3-5-16(6-9)13(20)14-4-2-11-15-10(7-21-11)12(18)19/h7-9,17H,2-6H2,1H3,(H,14,20)(H,18,19). The van der Waals surface area contributed by atoms with Gasteiger partial charge in [0.15, 0.2) is 5.69 Å². The van der Waals surface area contributed by atoms with E-state index in [1.165, 1.54) is 16.7 Å². The number of carboxylic acids is 1. The van der Waals surface area contributed by atoms with Crippen LogP contribution in [0.3, 0.4) is 0 Å². The maximum absolute atomic E-state index is 11.9. The summed E-state index contributed by atoms with van der Waals surface area (Å²) in [5.74, 6) is -0.893. The molecule has 3 N–H and O–H groups in total. The number of nitrogens with one attached hydrogen (secondary N) is 1.